The van der Waals surface area contributed by atoms with E-state index in [2.05, 4.69) is 39.6 Å². The van der Waals surface area contributed by atoms with Crippen LogP contribution in [0.4, 0.5) is 5.82 Å². The topological polar surface area (TPSA) is 37.8 Å². The van der Waals surface area contributed by atoms with Crippen LogP contribution in [-0.2, 0) is 6.42 Å². The fraction of sp³-hybridized carbons (Fsp3) is 0.375. The molecule has 3 rings (SSSR count). The van der Waals surface area contributed by atoms with Crippen LogP contribution in [0.1, 0.15) is 35.7 Å². The van der Waals surface area contributed by atoms with Crippen molar-refractivity contribution in [1.82, 2.24) is 9.97 Å². The van der Waals surface area contributed by atoms with E-state index in [9.17, 15) is 0 Å². The predicted molar refractivity (Wildman–Crippen MR) is 82.4 cm³/mol. The molecule has 1 aromatic heterocycles. The first-order chi connectivity index (χ1) is 9.74. The smallest absolute Gasteiger partial charge is 0.137 e. The lowest BCUT2D eigenvalue weighted by Gasteiger charge is -2.11. The van der Waals surface area contributed by atoms with E-state index in [0.717, 1.165) is 30.2 Å². The molecule has 1 saturated carbocycles. The van der Waals surface area contributed by atoms with Gasteiger partial charge in [0, 0.05) is 18.0 Å². The third-order valence-electron chi connectivity index (χ3n) is 3.60. The molecule has 1 N–H and O–H groups in total. The van der Waals surface area contributed by atoms with E-state index in [0.29, 0.717) is 11.1 Å². The van der Waals surface area contributed by atoms with Gasteiger partial charge in [0.1, 0.15) is 16.8 Å². The molecular weight excluding hydrogens is 270 g/mol. The van der Waals surface area contributed by atoms with Crippen LogP contribution < -0.4 is 5.32 Å². The molecule has 0 radical (unpaired) electrons. The van der Waals surface area contributed by atoms with Crippen molar-refractivity contribution in [3.8, 4) is 0 Å². The normalized spacial score (nSPS) is 14.3. The predicted octanol–water partition coefficient (Wildman–Crippen LogP) is 3.97. The van der Waals surface area contributed by atoms with Gasteiger partial charge in [-0.3, -0.25) is 0 Å². The number of hydrogen-bond donors (Lipinski definition) is 1. The molecule has 0 unspecified atom stereocenters. The van der Waals surface area contributed by atoms with E-state index >= 15 is 0 Å². The van der Waals surface area contributed by atoms with Crippen LogP contribution in [0.3, 0.4) is 0 Å². The molecule has 0 aliphatic heterocycles. The van der Waals surface area contributed by atoms with Crippen LogP contribution in [-0.4, -0.2) is 16.5 Å². The van der Waals surface area contributed by atoms with Crippen LogP contribution in [0.2, 0.25) is 5.15 Å². The molecule has 0 amide bonds. The average molecular weight is 288 g/mol. The highest BCUT2D eigenvalue weighted by atomic mass is 35.5. The van der Waals surface area contributed by atoms with E-state index in [4.69, 9.17) is 11.6 Å². The SMILES string of the molecule is Cc1c(Cl)nc(C2CC2)nc1NCCc1ccccc1. The molecule has 0 spiro atoms. The lowest BCUT2D eigenvalue weighted by Crippen LogP contribution is -2.10. The number of nitrogens with one attached hydrogen (secondary N) is 1. The largest absolute Gasteiger partial charge is 0.369 e. The number of halogens is 1. The van der Waals surface area contributed by atoms with Gasteiger partial charge in [0.2, 0.25) is 0 Å². The molecule has 3 nitrogen and oxygen atoms in total. The Balaban J connectivity index is 1.67. The summed E-state index contributed by atoms with van der Waals surface area (Å²) in [5.41, 5.74) is 2.25. The molecule has 1 aromatic carbocycles. The van der Waals surface area contributed by atoms with Gasteiger partial charge in [0.05, 0.1) is 0 Å². The van der Waals surface area contributed by atoms with Crippen molar-refractivity contribution < 1.29 is 0 Å². The molecule has 20 heavy (non-hydrogen) atoms. The number of aromatic nitrogens is 2. The molecular formula is C16H18ClN3. The van der Waals surface area contributed by atoms with Crippen molar-refractivity contribution in [3.05, 3.63) is 52.4 Å². The Morgan fingerprint density at radius 1 is 1.20 bits per heavy atom. The van der Waals surface area contributed by atoms with Crippen molar-refractivity contribution in [2.75, 3.05) is 11.9 Å². The summed E-state index contributed by atoms with van der Waals surface area (Å²) in [6.45, 7) is 2.81. The van der Waals surface area contributed by atoms with E-state index in [-0.39, 0.29) is 0 Å². The third-order valence-corrected chi connectivity index (χ3v) is 3.96. The molecule has 0 atom stereocenters. The highest BCUT2D eigenvalue weighted by molar-refractivity contribution is 6.30. The van der Waals surface area contributed by atoms with E-state index in [1.165, 1.54) is 18.4 Å². The second-order valence-electron chi connectivity index (χ2n) is 5.28. The van der Waals surface area contributed by atoms with Crippen molar-refractivity contribution in [2.24, 2.45) is 0 Å². The van der Waals surface area contributed by atoms with Gasteiger partial charge in [-0.2, -0.15) is 0 Å². The lowest BCUT2D eigenvalue weighted by molar-refractivity contribution is 0.906. The van der Waals surface area contributed by atoms with E-state index < -0.39 is 0 Å². The van der Waals surface area contributed by atoms with Gasteiger partial charge in [-0.15, -0.1) is 0 Å². The molecule has 0 bridgehead atoms. The second kappa shape index (κ2) is 5.80. The quantitative estimate of drug-likeness (QED) is 0.846. The van der Waals surface area contributed by atoms with Crippen LogP contribution in [0.15, 0.2) is 30.3 Å². The minimum absolute atomic E-state index is 0.516. The van der Waals surface area contributed by atoms with E-state index in [1.807, 2.05) is 13.0 Å². The summed E-state index contributed by atoms with van der Waals surface area (Å²) in [6, 6.07) is 10.4. The van der Waals surface area contributed by atoms with Crippen molar-refractivity contribution in [2.45, 2.75) is 32.1 Å². The Bertz CT molecular complexity index is 594. The third kappa shape index (κ3) is 3.10. The zero-order chi connectivity index (χ0) is 13.9. The van der Waals surface area contributed by atoms with Gasteiger partial charge in [-0.25, -0.2) is 9.97 Å². The first kappa shape index (κ1) is 13.4. The van der Waals surface area contributed by atoms with Crippen molar-refractivity contribution in [3.63, 3.8) is 0 Å². The summed E-state index contributed by atoms with van der Waals surface area (Å²) in [6.07, 6.45) is 3.34. The standard InChI is InChI=1S/C16H18ClN3/c1-11-14(17)19-16(13-7-8-13)20-15(11)18-10-9-12-5-3-2-4-6-12/h2-6,13H,7-10H2,1H3,(H,18,19,20). The maximum Gasteiger partial charge on any atom is 0.137 e. The monoisotopic (exact) mass is 287 g/mol. The Morgan fingerprint density at radius 3 is 2.65 bits per heavy atom. The molecule has 2 aromatic rings. The maximum atomic E-state index is 6.20. The summed E-state index contributed by atoms with van der Waals surface area (Å²) in [4.78, 5) is 9.00. The fourth-order valence-electron chi connectivity index (χ4n) is 2.17. The van der Waals surface area contributed by atoms with Gasteiger partial charge in [0.15, 0.2) is 0 Å². The fourth-order valence-corrected chi connectivity index (χ4v) is 2.35. The first-order valence-electron chi connectivity index (χ1n) is 7.06. The molecule has 104 valence electrons. The number of benzene rings is 1. The Morgan fingerprint density at radius 2 is 1.95 bits per heavy atom. The highest BCUT2D eigenvalue weighted by Crippen LogP contribution is 2.39. The summed E-state index contributed by atoms with van der Waals surface area (Å²) < 4.78 is 0. The summed E-state index contributed by atoms with van der Waals surface area (Å²) in [5, 5.41) is 3.96. The second-order valence-corrected chi connectivity index (χ2v) is 5.64. The maximum absolute atomic E-state index is 6.20. The van der Waals surface area contributed by atoms with E-state index in [1.54, 1.807) is 0 Å². The molecule has 1 aliphatic carbocycles. The molecule has 0 saturated heterocycles. The summed E-state index contributed by atoms with van der Waals surface area (Å²) in [7, 11) is 0. The van der Waals surface area contributed by atoms with Gasteiger partial charge >= 0.3 is 0 Å². The summed E-state index contributed by atoms with van der Waals surface area (Å²) in [5.74, 6) is 2.29. The van der Waals surface area contributed by atoms with Crippen molar-refractivity contribution in [1.29, 1.82) is 0 Å². The van der Waals surface area contributed by atoms with Crippen LogP contribution >= 0.6 is 11.6 Å². The van der Waals surface area contributed by atoms with Gasteiger partial charge in [0.25, 0.3) is 0 Å². The average Bonchev–Trinajstić information content (AvgIpc) is 3.29. The van der Waals surface area contributed by atoms with Crippen LogP contribution in [0, 0.1) is 6.92 Å². The zero-order valence-corrected chi connectivity index (χ0v) is 12.3. The summed E-state index contributed by atoms with van der Waals surface area (Å²) >= 11 is 6.20. The lowest BCUT2D eigenvalue weighted by atomic mass is 10.1. The molecule has 1 fully saturated rings. The highest BCUT2D eigenvalue weighted by Gasteiger charge is 2.27. The van der Waals surface area contributed by atoms with Gasteiger partial charge < -0.3 is 5.32 Å². The number of anilines is 1. The molecule has 4 heteroatoms. The number of hydrogen-bond acceptors (Lipinski definition) is 3. The number of rotatable bonds is 5. The Kier molecular flexibility index (Phi) is 3.88. The number of nitrogens with zero attached hydrogens (tertiary/aromatic N) is 2. The van der Waals surface area contributed by atoms with Gasteiger partial charge in [-0.1, -0.05) is 41.9 Å². The minimum Gasteiger partial charge on any atom is -0.369 e. The Hall–Kier alpha value is -1.61. The zero-order valence-electron chi connectivity index (χ0n) is 11.6. The Labute approximate surface area is 124 Å². The minimum atomic E-state index is 0.516. The molecule has 1 aliphatic rings. The van der Waals surface area contributed by atoms with Gasteiger partial charge in [-0.05, 0) is 31.7 Å². The molecule has 1 heterocycles. The van der Waals surface area contributed by atoms with Crippen LogP contribution in [0.5, 0.6) is 0 Å². The van der Waals surface area contributed by atoms with Crippen LogP contribution in [0.25, 0.3) is 0 Å². The van der Waals surface area contributed by atoms with Crippen molar-refractivity contribution >= 4 is 17.4 Å². The first-order valence-corrected chi connectivity index (χ1v) is 7.43.